The average Bonchev–Trinajstić information content (AvgIpc) is 4.09. The van der Waals surface area contributed by atoms with Crippen LogP contribution in [0.3, 0.4) is 0 Å². The van der Waals surface area contributed by atoms with Crippen LogP contribution in [0.15, 0.2) is 59.3 Å². The molecule has 6 heteroatoms. The summed E-state index contributed by atoms with van der Waals surface area (Å²) >= 11 is 11.7. The molecule has 302 valence electrons. The fourth-order valence-corrected chi connectivity index (χ4v) is 16.5. The molecule has 0 amide bonds. The van der Waals surface area contributed by atoms with E-state index in [0.29, 0.717) is 0 Å². The predicted octanol–water partition coefficient (Wildman–Crippen LogP) is 19.8. The summed E-state index contributed by atoms with van der Waals surface area (Å²) in [5, 5.41) is 13.5. The van der Waals surface area contributed by atoms with Gasteiger partial charge < -0.3 is 0 Å². The summed E-state index contributed by atoms with van der Waals surface area (Å²) in [6.45, 7) is 9.37. The van der Waals surface area contributed by atoms with Crippen molar-refractivity contribution in [2.24, 2.45) is 0 Å². The van der Waals surface area contributed by atoms with Crippen LogP contribution in [0.2, 0.25) is 0 Å². The maximum Gasteiger partial charge on any atom is 0.178 e. The molecule has 0 radical (unpaired) electrons. The van der Waals surface area contributed by atoms with Crippen LogP contribution in [-0.4, -0.2) is 0 Å². The summed E-state index contributed by atoms with van der Waals surface area (Å²) in [7, 11) is 0. The Morgan fingerprint density at radius 3 is 1.28 bits per heavy atom. The van der Waals surface area contributed by atoms with Gasteiger partial charge in [0, 0.05) is 65.9 Å². The van der Waals surface area contributed by atoms with Gasteiger partial charge in [-0.05, 0) is 148 Å². The van der Waals surface area contributed by atoms with Crippen molar-refractivity contribution in [3.63, 3.8) is 0 Å². The molecule has 0 atom stereocenters. The maximum absolute atomic E-state index is 2.67. The molecular formula is C52H59S6+. The first-order valence-corrected chi connectivity index (χ1v) is 27.6. The largest absolute Gasteiger partial charge is 0.178 e. The highest BCUT2D eigenvalue weighted by Crippen LogP contribution is 2.52. The number of thiophene rings is 6. The topological polar surface area (TPSA) is 0 Å². The van der Waals surface area contributed by atoms with Gasteiger partial charge in [0.25, 0.3) is 0 Å². The van der Waals surface area contributed by atoms with E-state index in [1.165, 1.54) is 187 Å². The Kier molecular flexibility index (Phi) is 13.1. The van der Waals surface area contributed by atoms with Crippen LogP contribution in [0.25, 0.3) is 80.0 Å². The van der Waals surface area contributed by atoms with E-state index in [1.807, 2.05) is 11.3 Å². The molecule has 0 aliphatic heterocycles. The predicted molar refractivity (Wildman–Crippen MR) is 273 cm³/mol. The lowest BCUT2D eigenvalue weighted by atomic mass is 9.96. The van der Waals surface area contributed by atoms with Gasteiger partial charge in [-0.3, -0.25) is 0 Å². The zero-order valence-electron chi connectivity index (χ0n) is 35.0. The summed E-state index contributed by atoms with van der Waals surface area (Å²) in [6, 6.07) is 20.1. The van der Waals surface area contributed by atoms with Crippen LogP contribution in [0.5, 0.6) is 0 Å². The lowest BCUT2D eigenvalue weighted by molar-refractivity contribution is 0.669. The summed E-state index contributed by atoms with van der Waals surface area (Å²) < 4.78 is 8.88. The van der Waals surface area contributed by atoms with E-state index in [4.69, 9.17) is 0 Å². The van der Waals surface area contributed by atoms with Crippen LogP contribution >= 0.6 is 68.0 Å². The zero-order chi connectivity index (χ0) is 39.6. The highest BCUT2D eigenvalue weighted by atomic mass is 32.1. The van der Waals surface area contributed by atoms with Gasteiger partial charge in [-0.1, -0.05) is 91.9 Å². The highest BCUT2D eigenvalue weighted by Gasteiger charge is 2.25. The third-order valence-corrected chi connectivity index (χ3v) is 19.5. The second-order valence-electron chi connectivity index (χ2n) is 16.7. The molecule has 0 aliphatic carbocycles. The molecule has 0 spiro atoms. The number of hydrogen-bond donors (Lipinski definition) is 0. The van der Waals surface area contributed by atoms with Crippen LogP contribution < -0.4 is 0 Å². The van der Waals surface area contributed by atoms with E-state index in [2.05, 4.69) is 132 Å². The number of aryl methyl sites for hydroxylation is 4. The Labute approximate surface area is 370 Å². The van der Waals surface area contributed by atoms with E-state index in [9.17, 15) is 0 Å². The molecule has 0 bridgehead atoms. The fourth-order valence-electron chi connectivity index (χ4n) is 9.32. The second kappa shape index (κ2) is 18.6. The van der Waals surface area contributed by atoms with Gasteiger partial charge in [0.05, 0.1) is 0 Å². The quantitative estimate of drug-likeness (QED) is 0.0529. The van der Waals surface area contributed by atoms with Gasteiger partial charge in [0.15, 0.2) is 4.70 Å². The normalized spacial score (nSPS) is 12.3. The monoisotopic (exact) mass is 875 g/mol. The van der Waals surface area contributed by atoms with Crippen molar-refractivity contribution >= 4 is 129 Å². The SMILES string of the molecule is CCCCCCc1c(-c2sc3cc4c(CCCCCC)c(-c5sc6cc7cc[sH+]c7cc6c5CCCCC)sc4cc3c2CCCCC)sc2cc3ccsc3cc12. The standard InChI is InChI=1S/C52H58S6/c1-5-9-13-17-21-37-40-30-44-34(24-26-54-44)28-46(40)56-50(37)51-36(20-16-12-8-4)41-31-48-42(32-47(41)57-51)38(22-18-14-10-6-2)52(58-48)49-35(19-15-11-7-3)39-29-43-33(23-25-53-43)27-45(39)55-49/h23-32H,5-22H2,1-4H3/p+1. The molecule has 6 heterocycles. The minimum absolute atomic E-state index is 1.17. The maximum atomic E-state index is 2.67. The Morgan fingerprint density at radius 1 is 0.397 bits per heavy atom. The second-order valence-corrected chi connectivity index (χ2v) is 22.9. The molecule has 0 unspecified atom stereocenters. The molecular weight excluding hydrogens is 817 g/mol. The fraction of sp³-hybridized carbons (Fsp3) is 0.423. The molecule has 58 heavy (non-hydrogen) atoms. The molecule has 0 N–H and O–H groups in total. The Bertz CT molecular complexity index is 2800. The van der Waals surface area contributed by atoms with Crippen LogP contribution in [0, 0.1) is 0 Å². The number of hydrogen-bond acceptors (Lipinski definition) is 5. The third kappa shape index (κ3) is 8.00. The number of rotatable bonds is 20. The van der Waals surface area contributed by atoms with Crippen molar-refractivity contribution in [2.45, 2.75) is 143 Å². The lowest BCUT2D eigenvalue weighted by Gasteiger charge is -2.08. The van der Waals surface area contributed by atoms with Gasteiger partial charge >= 0.3 is 0 Å². The van der Waals surface area contributed by atoms with Crippen molar-refractivity contribution in [1.29, 1.82) is 0 Å². The molecule has 3 aromatic carbocycles. The van der Waals surface area contributed by atoms with Crippen LogP contribution in [0.4, 0.5) is 0 Å². The molecule has 0 saturated heterocycles. The summed E-state index contributed by atoms with van der Waals surface area (Å²) in [5.74, 6) is 0. The Hall–Kier alpha value is -2.58. The summed E-state index contributed by atoms with van der Waals surface area (Å²) in [4.78, 5) is 6.31. The first-order valence-electron chi connectivity index (χ1n) is 22.5. The first kappa shape index (κ1) is 40.8. The van der Waals surface area contributed by atoms with Gasteiger partial charge in [-0.15, -0.1) is 56.7 Å². The van der Waals surface area contributed by atoms with E-state index in [1.54, 1.807) is 41.8 Å². The van der Waals surface area contributed by atoms with Crippen molar-refractivity contribution in [1.82, 2.24) is 0 Å². The van der Waals surface area contributed by atoms with E-state index < -0.39 is 0 Å². The number of benzene rings is 3. The number of unbranched alkanes of at least 4 members (excludes halogenated alkanes) is 10. The Balaban J connectivity index is 1.23. The van der Waals surface area contributed by atoms with Crippen molar-refractivity contribution in [2.75, 3.05) is 0 Å². The average molecular weight is 876 g/mol. The van der Waals surface area contributed by atoms with Gasteiger partial charge in [-0.25, -0.2) is 0 Å². The van der Waals surface area contributed by atoms with Gasteiger partial charge in [0.1, 0.15) is 5.38 Å². The minimum Gasteiger partial charge on any atom is -0.144 e. The molecule has 6 aromatic heterocycles. The van der Waals surface area contributed by atoms with E-state index >= 15 is 0 Å². The molecule has 0 saturated carbocycles. The smallest absolute Gasteiger partial charge is 0.144 e. The summed E-state index contributed by atoms with van der Waals surface area (Å²) in [5.41, 5.74) is 6.51. The van der Waals surface area contributed by atoms with Crippen LogP contribution in [0.1, 0.15) is 140 Å². The van der Waals surface area contributed by atoms with Crippen molar-refractivity contribution < 1.29 is 0 Å². The molecule has 0 fully saturated rings. The zero-order valence-corrected chi connectivity index (χ0v) is 40.0. The lowest BCUT2D eigenvalue weighted by Crippen LogP contribution is -1.91. The molecule has 9 aromatic rings. The van der Waals surface area contributed by atoms with Crippen LogP contribution in [-0.2, 0) is 25.7 Å². The molecule has 0 nitrogen and oxygen atoms in total. The molecule has 0 aliphatic rings. The minimum atomic E-state index is 1.17. The first-order chi connectivity index (χ1) is 28.6. The van der Waals surface area contributed by atoms with E-state index in [-0.39, 0.29) is 0 Å². The number of fused-ring (bicyclic) bond motifs is 6. The summed E-state index contributed by atoms with van der Waals surface area (Å²) in [6.07, 6.45) is 22.8. The third-order valence-electron chi connectivity index (χ3n) is 12.5. The van der Waals surface area contributed by atoms with Gasteiger partial charge in [-0.2, -0.15) is 0 Å². The highest BCUT2D eigenvalue weighted by molar-refractivity contribution is 7.30. The Morgan fingerprint density at radius 2 is 0.793 bits per heavy atom. The van der Waals surface area contributed by atoms with E-state index in [0.717, 1.165) is 0 Å². The van der Waals surface area contributed by atoms with Crippen molar-refractivity contribution in [3.05, 3.63) is 81.5 Å². The van der Waals surface area contributed by atoms with Crippen molar-refractivity contribution in [3.8, 4) is 19.5 Å². The van der Waals surface area contributed by atoms with Gasteiger partial charge in [0.2, 0.25) is 0 Å². The molecule has 9 rings (SSSR count).